The smallest absolute Gasteiger partial charge is 0.0621 e. The second-order valence-electron chi connectivity index (χ2n) is 15.0. The summed E-state index contributed by atoms with van der Waals surface area (Å²) >= 11 is 0. The Morgan fingerprint density at radius 2 is 0.855 bits per heavy atom. The first kappa shape index (κ1) is 32.7. The monoisotopic (exact) mass is 704 g/mol. The molecule has 0 spiro atoms. The average molecular weight is 705 g/mol. The first-order chi connectivity index (χ1) is 27.0. The molecule has 2 nitrogen and oxygen atoms in total. The molecule has 9 aromatic rings. The highest BCUT2D eigenvalue weighted by atomic mass is 15.2. The normalized spacial score (nSPS) is 12.7. The molecule has 0 unspecified atom stereocenters. The van der Waals surface area contributed by atoms with Crippen LogP contribution in [0.1, 0.15) is 25.0 Å². The summed E-state index contributed by atoms with van der Waals surface area (Å²) in [6, 6.07) is 75.0. The maximum absolute atomic E-state index is 2.45. The molecule has 9 aromatic carbocycles. The minimum absolute atomic E-state index is 0.249. The molecule has 0 saturated carbocycles. The van der Waals surface area contributed by atoms with Crippen LogP contribution in [0.15, 0.2) is 206 Å². The third-order valence-corrected chi connectivity index (χ3v) is 11.4. The minimum atomic E-state index is -0.249. The fraction of sp³-hybridized carbons (Fsp3) is 0.0566. The minimum Gasteiger partial charge on any atom is -0.310 e. The SMILES string of the molecule is CC1(C)c2cc(N(c3ccccc3)c3ccc(-c4ccc5ccccc5c4)cc3)ccc2-c2c1cc1ccccc1c2N(c1ccccc1)c1ccccc1. The van der Waals surface area contributed by atoms with Crippen LogP contribution in [0, 0.1) is 0 Å². The van der Waals surface area contributed by atoms with E-state index in [0.717, 1.165) is 28.4 Å². The van der Waals surface area contributed by atoms with Gasteiger partial charge in [-0.15, -0.1) is 0 Å². The van der Waals surface area contributed by atoms with Gasteiger partial charge in [-0.25, -0.2) is 0 Å². The van der Waals surface area contributed by atoms with Crippen molar-refractivity contribution in [2.24, 2.45) is 0 Å². The second-order valence-corrected chi connectivity index (χ2v) is 15.0. The molecule has 0 amide bonds. The Bertz CT molecular complexity index is 2780. The van der Waals surface area contributed by atoms with Crippen LogP contribution in [-0.4, -0.2) is 0 Å². The van der Waals surface area contributed by atoms with Gasteiger partial charge in [-0.05, 0) is 117 Å². The highest BCUT2D eigenvalue weighted by Crippen LogP contribution is 2.57. The molecule has 0 N–H and O–H groups in total. The van der Waals surface area contributed by atoms with Crippen molar-refractivity contribution in [2.45, 2.75) is 19.3 Å². The Labute approximate surface area is 323 Å². The highest BCUT2D eigenvalue weighted by molar-refractivity contribution is 6.10. The molecular formula is C53H40N2. The van der Waals surface area contributed by atoms with Gasteiger partial charge in [-0.2, -0.15) is 0 Å². The fourth-order valence-corrected chi connectivity index (χ4v) is 8.64. The van der Waals surface area contributed by atoms with Crippen LogP contribution < -0.4 is 9.80 Å². The van der Waals surface area contributed by atoms with Crippen LogP contribution in [-0.2, 0) is 5.41 Å². The van der Waals surface area contributed by atoms with Crippen LogP contribution in [0.5, 0.6) is 0 Å². The Hall–Kier alpha value is -6.90. The highest BCUT2D eigenvalue weighted by Gasteiger charge is 2.39. The molecule has 1 aliphatic rings. The van der Waals surface area contributed by atoms with Gasteiger partial charge in [-0.1, -0.05) is 147 Å². The lowest BCUT2D eigenvalue weighted by Gasteiger charge is -2.30. The predicted octanol–water partition coefficient (Wildman–Crippen LogP) is 14.9. The van der Waals surface area contributed by atoms with Crippen LogP contribution in [0.3, 0.4) is 0 Å². The zero-order chi connectivity index (χ0) is 36.9. The number of fused-ring (bicyclic) bond motifs is 5. The van der Waals surface area contributed by atoms with E-state index in [1.54, 1.807) is 0 Å². The quantitative estimate of drug-likeness (QED) is 0.163. The summed E-state index contributed by atoms with van der Waals surface area (Å²) < 4.78 is 0. The Morgan fingerprint density at radius 1 is 0.345 bits per heavy atom. The summed E-state index contributed by atoms with van der Waals surface area (Å²) in [5.41, 5.74) is 14.3. The lowest BCUT2D eigenvalue weighted by molar-refractivity contribution is 0.661. The van der Waals surface area contributed by atoms with Gasteiger partial charge in [0.15, 0.2) is 0 Å². The van der Waals surface area contributed by atoms with Crippen molar-refractivity contribution in [1.29, 1.82) is 0 Å². The summed E-state index contributed by atoms with van der Waals surface area (Å²) in [6.45, 7) is 4.78. The maximum atomic E-state index is 2.45. The van der Waals surface area contributed by atoms with E-state index in [9.17, 15) is 0 Å². The standard InChI is InChI=1S/C53H40N2/c1-53(2)49-36-46(54(42-19-6-3-7-20-42)45-30-28-38(29-31-45)40-27-26-37-16-12-13-17-39(37)34-40)32-33-48(49)51-50(53)35-41-18-14-15-25-47(41)52(51)55(43-21-8-4-9-22-43)44-23-10-5-11-24-44/h3-36H,1-2H3. The maximum Gasteiger partial charge on any atom is 0.0621 e. The summed E-state index contributed by atoms with van der Waals surface area (Å²) in [4.78, 5) is 4.84. The van der Waals surface area contributed by atoms with Gasteiger partial charge >= 0.3 is 0 Å². The number of benzene rings is 9. The second kappa shape index (κ2) is 13.2. The third-order valence-electron chi connectivity index (χ3n) is 11.4. The molecule has 1 aliphatic carbocycles. The molecule has 55 heavy (non-hydrogen) atoms. The van der Waals surface area contributed by atoms with Gasteiger partial charge in [0.1, 0.15) is 0 Å². The molecule has 262 valence electrons. The van der Waals surface area contributed by atoms with E-state index in [-0.39, 0.29) is 5.41 Å². The third kappa shape index (κ3) is 5.57. The van der Waals surface area contributed by atoms with Crippen molar-refractivity contribution in [3.8, 4) is 22.3 Å². The molecule has 0 fully saturated rings. The van der Waals surface area contributed by atoms with Crippen molar-refractivity contribution in [3.05, 3.63) is 217 Å². The van der Waals surface area contributed by atoms with Crippen LogP contribution >= 0.6 is 0 Å². The lowest BCUT2D eigenvalue weighted by atomic mass is 9.81. The lowest BCUT2D eigenvalue weighted by Crippen LogP contribution is -2.17. The Kier molecular flexibility index (Phi) is 7.85. The van der Waals surface area contributed by atoms with Gasteiger partial charge in [0.2, 0.25) is 0 Å². The van der Waals surface area contributed by atoms with Crippen molar-refractivity contribution in [2.75, 3.05) is 9.80 Å². The molecule has 0 aliphatic heterocycles. The molecule has 0 saturated heterocycles. The summed E-state index contributed by atoms with van der Waals surface area (Å²) in [5.74, 6) is 0. The van der Waals surface area contributed by atoms with Gasteiger partial charge < -0.3 is 9.80 Å². The molecular weight excluding hydrogens is 665 g/mol. The van der Waals surface area contributed by atoms with Crippen molar-refractivity contribution < 1.29 is 0 Å². The molecule has 0 radical (unpaired) electrons. The summed E-state index contributed by atoms with van der Waals surface area (Å²) in [7, 11) is 0. The molecule has 0 heterocycles. The van der Waals surface area contributed by atoms with Crippen LogP contribution in [0.25, 0.3) is 43.8 Å². The Morgan fingerprint density at radius 3 is 1.51 bits per heavy atom. The van der Waals surface area contributed by atoms with Crippen molar-refractivity contribution >= 4 is 55.7 Å². The van der Waals surface area contributed by atoms with E-state index in [1.165, 1.54) is 60.6 Å². The van der Waals surface area contributed by atoms with E-state index in [2.05, 4.69) is 230 Å². The predicted molar refractivity (Wildman–Crippen MR) is 234 cm³/mol. The van der Waals surface area contributed by atoms with E-state index in [4.69, 9.17) is 0 Å². The summed E-state index contributed by atoms with van der Waals surface area (Å²) in [6.07, 6.45) is 0. The number of anilines is 6. The number of rotatable bonds is 7. The van der Waals surface area contributed by atoms with Gasteiger partial charge in [0.05, 0.1) is 5.69 Å². The largest absolute Gasteiger partial charge is 0.310 e. The molecule has 2 heteroatoms. The zero-order valence-electron chi connectivity index (χ0n) is 31.0. The topological polar surface area (TPSA) is 6.48 Å². The Balaban J connectivity index is 1.14. The van der Waals surface area contributed by atoms with E-state index in [0.29, 0.717) is 0 Å². The van der Waals surface area contributed by atoms with Crippen LogP contribution in [0.2, 0.25) is 0 Å². The molecule has 0 bridgehead atoms. The first-order valence-corrected chi connectivity index (χ1v) is 19.1. The van der Waals surface area contributed by atoms with Crippen molar-refractivity contribution in [3.63, 3.8) is 0 Å². The molecule has 0 atom stereocenters. The van der Waals surface area contributed by atoms with E-state index in [1.807, 2.05) is 0 Å². The van der Waals surface area contributed by atoms with Gasteiger partial charge in [-0.3, -0.25) is 0 Å². The summed E-state index contributed by atoms with van der Waals surface area (Å²) in [5, 5.41) is 4.99. The van der Waals surface area contributed by atoms with E-state index < -0.39 is 0 Å². The number of para-hydroxylation sites is 3. The van der Waals surface area contributed by atoms with Gasteiger partial charge in [0, 0.05) is 44.8 Å². The van der Waals surface area contributed by atoms with Gasteiger partial charge in [0.25, 0.3) is 0 Å². The zero-order valence-corrected chi connectivity index (χ0v) is 31.0. The number of hydrogen-bond donors (Lipinski definition) is 0. The number of nitrogens with zero attached hydrogens (tertiary/aromatic N) is 2. The molecule has 10 rings (SSSR count). The number of hydrogen-bond acceptors (Lipinski definition) is 2. The van der Waals surface area contributed by atoms with Crippen molar-refractivity contribution in [1.82, 2.24) is 0 Å². The first-order valence-electron chi connectivity index (χ1n) is 19.1. The molecule has 0 aromatic heterocycles. The average Bonchev–Trinajstić information content (AvgIpc) is 3.47. The van der Waals surface area contributed by atoms with E-state index >= 15 is 0 Å². The van der Waals surface area contributed by atoms with Crippen LogP contribution in [0.4, 0.5) is 34.1 Å². The fourth-order valence-electron chi connectivity index (χ4n) is 8.64.